The van der Waals surface area contributed by atoms with Crippen molar-refractivity contribution in [2.45, 2.75) is 26.3 Å². The Morgan fingerprint density at radius 3 is 2.88 bits per heavy atom. The maximum Gasteiger partial charge on any atom is 0.328 e. The molecule has 0 aromatic heterocycles. The van der Waals surface area contributed by atoms with Gasteiger partial charge in [-0.15, -0.1) is 6.58 Å². The predicted molar refractivity (Wildman–Crippen MR) is 70.1 cm³/mol. The topological polar surface area (TPSA) is 38.3 Å². The van der Waals surface area contributed by atoms with Gasteiger partial charge in [-0.05, 0) is 31.9 Å². The van der Waals surface area contributed by atoms with Crippen molar-refractivity contribution in [1.82, 2.24) is 0 Å². The summed E-state index contributed by atoms with van der Waals surface area (Å²) in [6, 6.07) is 7.53. The standard InChI is InChI=1S/C14H19NO2/c1-4-8-12-9-6-7-10-13(12)15-11(3)14(16)17-5-2/h4,6-7,9-11,15H,1,5,8H2,2-3H3/t11-/m0/s1. The molecule has 0 aliphatic rings. The van der Waals surface area contributed by atoms with Crippen LogP contribution < -0.4 is 5.32 Å². The summed E-state index contributed by atoms with van der Waals surface area (Å²) < 4.78 is 4.95. The largest absolute Gasteiger partial charge is 0.464 e. The Hall–Kier alpha value is -1.77. The molecule has 0 saturated heterocycles. The van der Waals surface area contributed by atoms with E-state index in [-0.39, 0.29) is 12.0 Å². The monoisotopic (exact) mass is 233 g/mol. The van der Waals surface area contributed by atoms with Gasteiger partial charge in [0.25, 0.3) is 0 Å². The number of ether oxygens (including phenoxy) is 1. The fraction of sp³-hybridized carbons (Fsp3) is 0.357. The van der Waals surface area contributed by atoms with Crippen LogP contribution >= 0.6 is 0 Å². The smallest absolute Gasteiger partial charge is 0.328 e. The van der Waals surface area contributed by atoms with Crippen LogP contribution in [0.2, 0.25) is 0 Å². The zero-order valence-corrected chi connectivity index (χ0v) is 10.4. The first-order valence-electron chi connectivity index (χ1n) is 5.81. The minimum Gasteiger partial charge on any atom is -0.464 e. The summed E-state index contributed by atoms with van der Waals surface area (Å²) in [5.74, 6) is -0.235. The first-order valence-corrected chi connectivity index (χ1v) is 5.81. The van der Waals surface area contributed by atoms with E-state index in [0.717, 1.165) is 17.7 Å². The molecule has 0 radical (unpaired) electrons. The van der Waals surface area contributed by atoms with Crippen LogP contribution in [0.25, 0.3) is 0 Å². The lowest BCUT2D eigenvalue weighted by atomic mass is 10.1. The third-order valence-corrected chi connectivity index (χ3v) is 2.39. The fourth-order valence-electron chi connectivity index (χ4n) is 1.55. The predicted octanol–water partition coefficient (Wildman–Crippen LogP) is 2.78. The molecule has 0 fully saturated rings. The lowest BCUT2D eigenvalue weighted by Gasteiger charge is -2.16. The molecule has 0 aliphatic carbocycles. The molecule has 1 rings (SSSR count). The summed E-state index contributed by atoms with van der Waals surface area (Å²) in [5.41, 5.74) is 2.08. The molecule has 0 saturated carbocycles. The number of allylic oxidation sites excluding steroid dienone is 1. The SMILES string of the molecule is C=CCc1ccccc1N[C@@H](C)C(=O)OCC. The lowest BCUT2D eigenvalue weighted by Crippen LogP contribution is -2.28. The van der Waals surface area contributed by atoms with E-state index in [1.807, 2.05) is 30.3 Å². The lowest BCUT2D eigenvalue weighted by molar-refractivity contribution is -0.143. The van der Waals surface area contributed by atoms with Gasteiger partial charge in [0.2, 0.25) is 0 Å². The van der Waals surface area contributed by atoms with E-state index in [1.165, 1.54) is 0 Å². The molecule has 0 spiro atoms. The van der Waals surface area contributed by atoms with Crippen molar-refractivity contribution in [1.29, 1.82) is 0 Å². The number of esters is 1. The van der Waals surface area contributed by atoms with E-state index in [4.69, 9.17) is 4.74 Å². The molecule has 1 aromatic carbocycles. The number of carbonyl (C=O) groups is 1. The summed E-state index contributed by atoms with van der Waals surface area (Å²) in [4.78, 5) is 11.5. The van der Waals surface area contributed by atoms with Crippen molar-refractivity contribution in [2.24, 2.45) is 0 Å². The van der Waals surface area contributed by atoms with Crippen molar-refractivity contribution < 1.29 is 9.53 Å². The molecule has 3 nitrogen and oxygen atoms in total. The van der Waals surface area contributed by atoms with Gasteiger partial charge in [-0.3, -0.25) is 0 Å². The van der Waals surface area contributed by atoms with Gasteiger partial charge < -0.3 is 10.1 Å². The van der Waals surface area contributed by atoms with Crippen LogP contribution in [0.3, 0.4) is 0 Å². The maximum atomic E-state index is 11.5. The second-order valence-electron chi connectivity index (χ2n) is 3.77. The highest BCUT2D eigenvalue weighted by atomic mass is 16.5. The van der Waals surface area contributed by atoms with E-state index in [9.17, 15) is 4.79 Å². The second-order valence-corrected chi connectivity index (χ2v) is 3.77. The average molecular weight is 233 g/mol. The molecule has 0 amide bonds. The summed E-state index contributed by atoms with van der Waals surface area (Å²) in [7, 11) is 0. The summed E-state index contributed by atoms with van der Waals surface area (Å²) in [5, 5.41) is 3.16. The van der Waals surface area contributed by atoms with E-state index in [0.29, 0.717) is 6.61 Å². The molecule has 0 bridgehead atoms. The summed E-state index contributed by atoms with van der Waals surface area (Å²) in [6.45, 7) is 7.72. The van der Waals surface area contributed by atoms with Gasteiger partial charge in [0.05, 0.1) is 6.61 Å². The zero-order valence-electron chi connectivity index (χ0n) is 10.4. The highest BCUT2D eigenvalue weighted by molar-refractivity contribution is 5.79. The molecule has 1 N–H and O–H groups in total. The van der Waals surface area contributed by atoms with Gasteiger partial charge in [-0.25, -0.2) is 4.79 Å². The van der Waals surface area contributed by atoms with Crippen molar-refractivity contribution in [3.8, 4) is 0 Å². The maximum absolute atomic E-state index is 11.5. The Kier molecular flexibility index (Phi) is 5.27. The molecule has 3 heteroatoms. The van der Waals surface area contributed by atoms with Crippen LogP contribution in [0.4, 0.5) is 5.69 Å². The Morgan fingerprint density at radius 2 is 2.24 bits per heavy atom. The molecular weight excluding hydrogens is 214 g/mol. The number of rotatable bonds is 6. The Morgan fingerprint density at radius 1 is 1.53 bits per heavy atom. The van der Waals surface area contributed by atoms with E-state index < -0.39 is 0 Å². The molecule has 0 unspecified atom stereocenters. The van der Waals surface area contributed by atoms with Crippen LogP contribution in [0.1, 0.15) is 19.4 Å². The first-order chi connectivity index (χ1) is 8.19. The van der Waals surface area contributed by atoms with Gasteiger partial charge in [0.15, 0.2) is 0 Å². The zero-order chi connectivity index (χ0) is 12.7. The van der Waals surface area contributed by atoms with E-state index >= 15 is 0 Å². The number of nitrogens with one attached hydrogen (secondary N) is 1. The van der Waals surface area contributed by atoms with Gasteiger partial charge in [0.1, 0.15) is 6.04 Å². The second kappa shape index (κ2) is 6.74. The highest BCUT2D eigenvalue weighted by Gasteiger charge is 2.14. The molecular formula is C14H19NO2. The third kappa shape index (κ3) is 3.94. The Labute approximate surface area is 102 Å². The number of hydrogen-bond donors (Lipinski definition) is 1. The summed E-state index contributed by atoms with van der Waals surface area (Å²) >= 11 is 0. The Balaban J connectivity index is 2.73. The summed E-state index contributed by atoms with van der Waals surface area (Å²) in [6.07, 6.45) is 2.62. The number of hydrogen-bond acceptors (Lipinski definition) is 3. The average Bonchev–Trinajstić information content (AvgIpc) is 2.32. The Bertz CT molecular complexity index is 388. The quantitative estimate of drug-likeness (QED) is 0.606. The number of anilines is 1. The van der Waals surface area contributed by atoms with Crippen molar-refractivity contribution in [3.63, 3.8) is 0 Å². The third-order valence-electron chi connectivity index (χ3n) is 2.39. The van der Waals surface area contributed by atoms with Crippen LogP contribution in [-0.4, -0.2) is 18.6 Å². The molecule has 17 heavy (non-hydrogen) atoms. The molecule has 92 valence electrons. The first kappa shape index (κ1) is 13.3. The highest BCUT2D eigenvalue weighted by Crippen LogP contribution is 2.17. The molecule has 1 atom stereocenters. The van der Waals surface area contributed by atoms with Gasteiger partial charge in [-0.2, -0.15) is 0 Å². The van der Waals surface area contributed by atoms with E-state index in [1.54, 1.807) is 13.8 Å². The fourth-order valence-corrected chi connectivity index (χ4v) is 1.55. The minimum absolute atomic E-state index is 0.235. The number of carbonyl (C=O) groups excluding carboxylic acids is 1. The van der Waals surface area contributed by atoms with Crippen molar-refractivity contribution in [3.05, 3.63) is 42.5 Å². The molecule has 0 heterocycles. The van der Waals surface area contributed by atoms with Crippen LogP contribution in [0, 0.1) is 0 Å². The van der Waals surface area contributed by atoms with Gasteiger partial charge in [-0.1, -0.05) is 24.3 Å². The minimum atomic E-state index is -0.346. The van der Waals surface area contributed by atoms with E-state index in [2.05, 4.69) is 11.9 Å². The normalized spacial score (nSPS) is 11.6. The molecule has 0 aliphatic heterocycles. The van der Waals surface area contributed by atoms with Crippen LogP contribution in [0.5, 0.6) is 0 Å². The van der Waals surface area contributed by atoms with Crippen molar-refractivity contribution in [2.75, 3.05) is 11.9 Å². The van der Waals surface area contributed by atoms with Crippen LogP contribution in [-0.2, 0) is 16.0 Å². The number of benzene rings is 1. The molecule has 1 aromatic rings. The number of para-hydroxylation sites is 1. The van der Waals surface area contributed by atoms with Gasteiger partial charge >= 0.3 is 5.97 Å². The van der Waals surface area contributed by atoms with Gasteiger partial charge in [0, 0.05) is 5.69 Å². The van der Waals surface area contributed by atoms with Crippen molar-refractivity contribution >= 4 is 11.7 Å². The van der Waals surface area contributed by atoms with Crippen LogP contribution in [0.15, 0.2) is 36.9 Å².